The molecule has 1 aliphatic heterocycles. The SMILES string of the molecule is CC(C)C1COC(=O)N1c1ccnc(N[C@H](C)c2ccc(Oc3ccc(F)cc3)cn2)n1. The third kappa shape index (κ3) is 4.77. The van der Waals surface area contributed by atoms with E-state index in [0.29, 0.717) is 29.9 Å². The van der Waals surface area contributed by atoms with Gasteiger partial charge in [-0.3, -0.25) is 9.88 Å². The molecule has 4 rings (SSSR count). The number of aromatic nitrogens is 3. The Bertz CT molecular complexity index is 1080. The van der Waals surface area contributed by atoms with Crippen LogP contribution in [0.3, 0.4) is 0 Å². The van der Waals surface area contributed by atoms with E-state index in [0.717, 1.165) is 5.69 Å². The number of carbonyl (C=O) groups excluding carboxylic acids is 1. The highest BCUT2D eigenvalue weighted by molar-refractivity contribution is 5.89. The van der Waals surface area contributed by atoms with Crippen molar-refractivity contribution in [2.75, 3.05) is 16.8 Å². The Labute approximate surface area is 185 Å². The van der Waals surface area contributed by atoms with Gasteiger partial charge in [-0.2, -0.15) is 4.98 Å². The fraction of sp³-hybridized carbons (Fsp3) is 0.304. The molecule has 1 fully saturated rings. The first-order valence-electron chi connectivity index (χ1n) is 10.4. The average molecular weight is 437 g/mol. The number of hydrogen-bond acceptors (Lipinski definition) is 7. The van der Waals surface area contributed by atoms with Crippen LogP contribution >= 0.6 is 0 Å². The number of nitrogens with one attached hydrogen (secondary N) is 1. The van der Waals surface area contributed by atoms with Gasteiger partial charge in [0.25, 0.3) is 0 Å². The third-order valence-electron chi connectivity index (χ3n) is 5.16. The number of pyridine rings is 1. The summed E-state index contributed by atoms with van der Waals surface area (Å²) >= 11 is 0. The van der Waals surface area contributed by atoms with Gasteiger partial charge in [0.1, 0.15) is 29.7 Å². The molecule has 8 nitrogen and oxygen atoms in total. The third-order valence-corrected chi connectivity index (χ3v) is 5.16. The molecular formula is C23H24FN5O3. The largest absolute Gasteiger partial charge is 0.456 e. The van der Waals surface area contributed by atoms with E-state index in [4.69, 9.17) is 9.47 Å². The van der Waals surface area contributed by atoms with E-state index < -0.39 is 6.09 Å². The second-order valence-corrected chi connectivity index (χ2v) is 7.84. The number of carbonyl (C=O) groups is 1. The molecule has 1 aromatic carbocycles. The van der Waals surface area contributed by atoms with E-state index in [1.165, 1.54) is 12.1 Å². The fourth-order valence-electron chi connectivity index (χ4n) is 3.36. The molecule has 3 aromatic rings. The van der Waals surface area contributed by atoms with Crippen molar-refractivity contribution >= 4 is 17.9 Å². The molecule has 32 heavy (non-hydrogen) atoms. The second-order valence-electron chi connectivity index (χ2n) is 7.84. The zero-order valence-electron chi connectivity index (χ0n) is 18.0. The number of benzene rings is 1. The number of anilines is 2. The van der Waals surface area contributed by atoms with Crippen LogP contribution in [0.2, 0.25) is 0 Å². The Kier molecular flexibility index (Phi) is 6.16. The molecule has 2 aromatic heterocycles. The van der Waals surface area contributed by atoms with E-state index in [1.54, 1.807) is 41.6 Å². The average Bonchev–Trinajstić information content (AvgIpc) is 3.18. The first-order valence-corrected chi connectivity index (χ1v) is 10.4. The number of halogens is 1. The lowest BCUT2D eigenvalue weighted by atomic mass is 10.0. The minimum atomic E-state index is -0.403. The van der Waals surface area contributed by atoms with Crippen LogP contribution in [0.4, 0.5) is 21.0 Å². The van der Waals surface area contributed by atoms with Crippen molar-refractivity contribution in [2.24, 2.45) is 5.92 Å². The molecule has 0 radical (unpaired) electrons. The summed E-state index contributed by atoms with van der Waals surface area (Å²) in [6.07, 6.45) is 2.80. The standard InChI is InChI=1S/C23H24FN5O3/c1-14(2)20-13-31-23(30)29(20)21-10-11-25-22(28-21)27-15(3)19-9-8-18(12-26-19)32-17-6-4-16(24)5-7-17/h4-12,14-15,20H,13H2,1-3H3,(H,25,27,28)/t15-,20?/m1/s1. The van der Waals surface area contributed by atoms with Gasteiger partial charge in [-0.05, 0) is 55.3 Å². The van der Waals surface area contributed by atoms with Crippen LogP contribution < -0.4 is 15.0 Å². The zero-order chi connectivity index (χ0) is 22.7. The molecule has 3 heterocycles. The minimum absolute atomic E-state index is 0.0713. The van der Waals surface area contributed by atoms with Gasteiger partial charge in [0.15, 0.2) is 0 Å². The molecule has 9 heteroatoms. The van der Waals surface area contributed by atoms with Crippen molar-refractivity contribution in [1.82, 2.24) is 15.0 Å². The van der Waals surface area contributed by atoms with Crippen LogP contribution in [-0.4, -0.2) is 33.7 Å². The summed E-state index contributed by atoms with van der Waals surface area (Å²) in [5.41, 5.74) is 0.756. The Morgan fingerprint density at radius 2 is 1.84 bits per heavy atom. The van der Waals surface area contributed by atoms with E-state index in [1.807, 2.05) is 26.8 Å². The van der Waals surface area contributed by atoms with Gasteiger partial charge in [0.05, 0.1) is 24.0 Å². The number of amides is 1. The monoisotopic (exact) mass is 437 g/mol. The molecule has 1 saturated heterocycles. The topological polar surface area (TPSA) is 89.5 Å². The van der Waals surface area contributed by atoms with Gasteiger partial charge in [-0.1, -0.05) is 13.8 Å². The predicted molar refractivity (Wildman–Crippen MR) is 117 cm³/mol. The molecular weight excluding hydrogens is 413 g/mol. The van der Waals surface area contributed by atoms with Crippen LogP contribution in [0.25, 0.3) is 0 Å². The van der Waals surface area contributed by atoms with Gasteiger partial charge in [-0.15, -0.1) is 0 Å². The molecule has 1 aliphatic rings. The Morgan fingerprint density at radius 3 is 2.53 bits per heavy atom. The Balaban J connectivity index is 1.43. The Hall–Kier alpha value is -3.75. The molecule has 1 N–H and O–H groups in total. The van der Waals surface area contributed by atoms with Gasteiger partial charge >= 0.3 is 6.09 Å². The van der Waals surface area contributed by atoms with Gasteiger partial charge in [-0.25, -0.2) is 14.2 Å². The zero-order valence-corrected chi connectivity index (χ0v) is 18.0. The predicted octanol–water partition coefficient (Wildman–Crippen LogP) is 4.96. The fourth-order valence-corrected chi connectivity index (χ4v) is 3.36. The molecule has 2 atom stereocenters. The summed E-state index contributed by atoms with van der Waals surface area (Å²) in [6, 6.07) is 10.8. The summed E-state index contributed by atoms with van der Waals surface area (Å²) in [5, 5.41) is 3.21. The summed E-state index contributed by atoms with van der Waals surface area (Å²) in [6.45, 7) is 6.35. The van der Waals surface area contributed by atoms with Crippen LogP contribution in [0.15, 0.2) is 54.9 Å². The highest BCUT2D eigenvalue weighted by Crippen LogP contribution is 2.27. The summed E-state index contributed by atoms with van der Waals surface area (Å²) in [7, 11) is 0. The lowest BCUT2D eigenvalue weighted by Crippen LogP contribution is -2.37. The lowest BCUT2D eigenvalue weighted by Gasteiger charge is -2.23. The van der Waals surface area contributed by atoms with Crippen LogP contribution in [0.5, 0.6) is 11.5 Å². The normalized spacial score (nSPS) is 16.7. The summed E-state index contributed by atoms with van der Waals surface area (Å²) in [4.78, 5) is 27.0. The Morgan fingerprint density at radius 1 is 1.09 bits per heavy atom. The maximum absolute atomic E-state index is 13.0. The molecule has 0 aliphatic carbocycles. The maximum Gasteiger partial charge on any atom is 0.415 e. The molecule has 1 unspecified atom stereocenters. The van der Waals surface area contributed by atoms with Crippen molar-refractivity contribution in [1.29, 1.82) is 0 Å². The first-order chi connectivity index (χ1) is 15.4. The molecule has 0 saturated carbocycles. The number of rotatable bonds is 7. The number of ether oxygens (including phenoxy) is 2. The van der Waals surface area contributed by atoms with Crippen LogP contribution in [0.1, 0.15) is 32.5 Å². The maximum atomic E-state index is 13.0. The number of nitrogens with zero attached hydrogens (tertiary/aromatic N) is 4. The van der Waals surface area contributed by atoms with E-state index in [9.17, 15) is 9.18 Å². The molecule has 0 spiro atoms. The van der Waals surface area contributed by atoms with E-state index in [-0.39, 0.29) is 23.8 Å². The molecule has 1 amide bonds. The highest BCUT2D eigenvalue weighted by atomic mass is 19.1. The number of hydrogen-bond donors (Lipinski definition) is 1. The first kappa shape index (κ1) is 21.5. The van der Waals surface area contributed by atoms with Crippen molar-refractivity contribution in [3.63, 3.8) is 0 Å². The van der Waals surface area contributed by atoms with E-state index in [2.05, 4.69) is 20.3 Å². The van der Waals surface area contributed by atoms with Crippen LogP contribution in [-0.2, 0) is 4.74 Å². The smallest absolute Gasteiger partial charge is 0.415 e. The quantitative estimate of drug-likeness (QED) is 0.559. The molecule has 0 bridgehead atoms. The van der Waals surface area contributed by atoms with E-state index >= 15 is 0 Å². The van der Waals surface area contributed by atoms with Gasteiger partial charge in [0, 0.05) is 6.20 Å². The lowest BCUT2D eigenvalue weighted by molar-refractivity contribution is 0.177. The van der Waals surface area contributed by atoms with Gasteiger partial charge < -0.3 is 14.8 Å². The van der Waals surface area contributed by atoms with Crippen molar-refractivity contribution in [3.05, 3.63) is 66.4 Å². The second kappa shape index (κ2) is 9.17. The van der Waals surface area contributed by atoms with Gasteiger partial charge in [0.2, 0.25) is 5.95 Å². The summed E-state index contributed by atoms with van der Waals surface area (Å²) < 4.78 is 23.9. The number of cyclic esters (lactones) is 1. The van der Waals surface area contributed by atoms with Crippen molar-refractivity contribution < 1.29 is 18.7 Å². The van der Waals surface area contributed by atoms with Crippen LogP contribution in [0, 0.1) is 11.7 Å². The summed E-state index contributed by atoms with van der Waals surface area (Å²) in [5.74, 6) is 1.85. The van der Waals surface area contributed by atoms with Crippen molar-refractivity contribution in [3.8, 4) is 11.5 Å². The molecule has 166 valence electrons. The minimum Gasteiger partial charge on any atom is -0.456 e. The highest BCUT2D eigenvalue weighted by Gasteiger charge is 2.37. The van der Waals surface area contributed by atoms with Crippen molar-refractivity contribution in [2.45, 2.75) is 32.9 Å².